The zero-order valence-electron chi connectivity index (χ0n) is 12.8. The lowest BCUT2D eigenvalue weighted by atomic mass is 9.97. The van der Waals surface area contributed by atoms with Gasteiger partial charge in [-0.3, -0.25) is 9.59 Å². The van der Waals surface area contributed by atoms with Crippen LogP contribution in [0.15, 0.2) is 24.3 Å². The Morgan fingerprint density at radius 1 is 1.27 bits per heavy atom. The molecular formula is C17H23N3O2. The molecule has 1 saturated carbocycles. The van der Waals surface area contributed by atoms with Gasteiger partial charge >= 0.3 is 0 Å². The molecule has 118 valence electrons. The average Bonchev–Trinajstić information content (AvgIpc) is 3.17. The summed E-state index contributed by atoms with van der Waals surface area (Å²) in [4.78, 5) is 26.1. The summed E-state index contributed by atoms with van der Waals surface area (Å²) in [6, 6.07) is 7.31. The van der Waals surface area contributed by atoms with Crippen LogP contribution in [-0.2, 0) is 4.79 Å². The molecule has 1 saturated heterocycles. The van der Waals surface area contributed by atoms with Crippen molar-refractivity contribution < 1.29 is 9.59 Å². The van der Waals surface area contributed by atoms with Gasteiger partial charge in [0.05, 0.1) is 5.54 Å². The summed E-state index contributed by atoms with van der Waals surface area (Å²) in [6.45, 7) is 1.21. The van der Waals surface area contributed by atoms with Crippen LogP contribution in [0, 0.1) is 0 Å². The van der Waals surface area contributed by atoms with Crippen LogP contribution in [0.3, 0.4) is 0 Å². The standard InChI is InChI=1S/C17H23N3O2/c18-12-17(8-1-2-9-17)19-16(22)13-5-3-6-14(11-13)20-10-4-7-15(20)21/h3,5-6,11H,1-2,4,7-10,12,18H2,(H,19,22). The maximum atomic E-state index is 12.5. The van der Waals surface area contributed by atoms with Crippen molar-refractivity contribution in [2.45, 2.75) is 44.1 Å². The zero-order chi connectivity index (χ0) is 15.6. The summed E-state index contributed by atoms with van der Waals surface area (Å²) in [7, 11) is 0. The summed E-state index contributed by atoms with van der Waals surface area (Å²) < 4.78 is 0. The highest BCUT2D eigenvalue weighted by Crippen LogP contribution is 2.29. The first kappa shape index (κ1) is 15.0. The fourth-order valence-corrected chi connectivity index (χ4v) is 3.48. The van der Waals surface area contributed by atoms with E-state index in [0.717, 1.165) is 44.3 Å². The van der Waals surface area contributed by atoms with E-state index >= 15 is 0 Å². The molecule has 2 aliphatic rings. The number of hydrogen-bond acceptors (Lipinski definition) is 3. The van der Waals surface area contributed by atoms with Gasteiger partial charge in [0.25, 0.3) is 5.91 Å². The van der Waals surface area contributed by atoms with Crippen molar-refractivity contribution in [3.05, 3.63) is 29.8 Å². The number of rotatable bonds is 4. The number of nitrogens with zero attached hydrogens (tertiary/aromatic N) is 1. The van der Waals surface area contributed by atoms with Crippen LogP contribution >= 0.6 is 0 Å². The third-order valence-corrected chi connectivity index (χ3v) is 4.82. The van der Waals surface area contributed by atoms with Gasteiger partial charge in [0.15, 0.2) is 0 Å². The van der Waals surface area contributed by atoms with Crippen LogP contribution < -0.4 is 16.0 Å². The smallest absolute Gasteiger partial charge is 0.251 e. The van der Waals surface area contributed by atoms with E-state index in [4.69, 9.17) is 5.73 Å². The zero-order valence-corrected chi connectivity index (χ0v) is 12.8. The lowest BCUT2D eigenvalue weighted by Gasteiger charge is -2.29. The molecule has 22 heavy (non-hydrogen) atoms. The van der Waals surface area contributed by atoms with Gasteiger partial charge in [-0.2, -0.15) is 0 Å². The Labute approximate surface area is 130 Å². The van der Waals surface area contributed by atoms with Crippen LogP contribution in [0.1, 0.15) is 48.9 Å². The summed E-state index contributed by atoms with van der Waals surface area (Å²) in [5.41, 5.74) is 7.02. The minimum Gasteiger partial charge on any atom is -0.345 e. The molecule has 0 unspecified atom stereocenters. The maximum Gasteiger partial charge on any atom is 0.251 e. The lowest BCUT2D eigenvalue weighted by Crippen LogP contribution is -2.51. The fraction of sp³-hybridized carbons (Fsp3) is 0.529. The highest BCUT2D eigenvalue weighted by atomic mass is 16.2. The van der Waals surface area contributed by atoms with Crippen molar-refractivity contribution in [2.75, 3.05) is 18.0 Å². The Balaban J connectivity index is 1.77. The van der Waals surface area contributed by atoms with E-state index in [1.807, 2.05) is 12.1 Å². The predicted molar refractivity (Wildman–Crippen MR) is 85.7 cm³/mol. The van der Waals surface area contributed by atoms with Gasteiger partial charge in [-0.1, -0.05) is 18.9 Å². The number of carbonyl (C=O) groups is 2. The molecule has 2 amide bonds. The van der Waals surface area contributed by atoms with Crippen LogP contribution in [0.2, 0.25) is 0 Å². The highest BCUT2D eigenvalue weighted by molar-refractivity contribution is 5.99. The SMILES string of the molecule is NCC1(NC(=O)c2cccc(N3CCCC3=O)c2)CCCC1. The van der Waals surface area contributed by atoms with Gasteiger partial charge in [0.2, 0.25) is 5.91 Å². The minimum atomic E-state index is -0.253. The van der Waals surface area contributed by atoms with E-state index in [-0.39, 0.29) is 17.4 Å². The third-order valence-electron chi connectivity index (χ3n) is 4.82. The van der Waals surface area contributed by atoms with Gasteiger partial charge in [-0.05, 0) is 37.5 Å². The molecule has 5 nitrogen and oxygen atoms in total. The normalized spacial score (nSPS) is 20.4. The second-order valence-corrected chi connectivity index (χ2v) is 6.34. The number of benzene rings is 1. The fourth-order valence-electron chi connectivity index (χ4n) is 3.48. The second kappa shape index (κ2) is 6.08. The molecule has 1 aliphatic carbocycles. The Bertz CT molecular complexity index is 579. The number of nitrogens with two attached hydrogens (primary N) is 1. The summed E-state index contributed by atoms with van der Waals surface area (Å²) in [6.07, 6.45) is 5.58. The monoisotopic (exact) mass is 301 g/mol. The maximum absolute atomic E-state index is 12.5. The van der Waals surface area contributed by atoms with Crippen molar-refractivity contribution in [1.82, 2.24) is 5.32 Å². The molecular weight excluding hydrogens is 278 g/mol. The largest absolute Gasteiger partial charge is 0.345 e. The highest BCUT2D eigenvalue weighted by Gasteiger charge is 2.34. The minimum absolute atomic E-state index is 0.0964. The molecule has 1 heterocycles. The molecule has 1 aliphatic heterocycles. The Hall–Kier alpha value is -1.88. The van der Waals surface area contributed by atoms with Gasteiger partial charge in [-0.25, -0.2) is 0 Å². The number of amides is 2. The van der Waals surface area contributed by atoms with E-state index in [9.17, 15) is 9.59 Å². The number of anilines is 1. The van der Waals surface area contributed by atoms with Crippen molar-refractivity contribution in [3.63, 3.8) is 0 Å². The van der Waals surface area contributed by atoms with E-state index in [1.165, 1.54) is 0 Å². The first-order chi connectivity index (χ1) is 10.6. The Morgan fingerprint density at radius 2 is 2.05 bits per heavy atom. The quantitative estimate of drug-likeness (QED) is 0.890. The molecule has 1 aromatic rings. The van der Waals surface area contributed by atoms with Crippen molar-refractivity contribution in [1.29, 1.82) is 0 Å². The summed E-state index contributed by atoms with van der Waals surface area (Å²) in [5.74, 6) is 0.0348. The molecule has 0 atom stereocenters. The van der Waals surface area contributed by atoms with Crippen LogP contribution in [-0.4, -0.2) is 30.4 Å². The van der Waals surface area contributed by atoms with Gasteiger partial charge < -0.3 is 16.0 Å². The number of nitrogens with one attached hydrogen (secondary N) is 1. The van der Waals surface area contributed by atoms with E-state index in [1.54, 1.807) is 17.0 Å². The van der Waals surface area contributed by atoms with Crippen LogP contribution in [0.25, 0.3) is 0 Å². The molecule has 1 aromatic carbocycles. The molecule has 0 radical (unpaired) electrons. The van der Waals surface area contributed by atoms with E-state index in [0.29, 0.717) is 18.5 Å². The van der Waals surface area contributed by atoms with Crippen molar-refractivity contribution in [2.24, 2.45) is 5.73 Å². The van der Waals surface area contributed by atoms with E-state index in [2.05, 4.69) is 5.32 Å². The molecule has 2 fully saturated rings. The van der Waals surface area contributed by atoms with Crippen molar-refractivity contribution in [3.8, 4) is 0 Å². The third kappa shape index (κ3) is 2.86. The number of carbonyl (C=O) groups excluding carboxylic acids is 2. The van der Waals surface area contributed by atoms with Gasteiger partial charge in [0.1, 0.15) is 0 Å². The predicted octanol–water partition coefficient (Wildman–Crippen LogP) is 1.81. The first-order valence-corrected chi connectivity index (χ1v) is 8.07. The molecule has 0 bridgehead atoms. The van der Waals surface area contributed by atoms with Crippen molar-refractivity contribution >= 4 is 17.5 Å². The molecule has 0 aromatic heterocycles. The topological polar surface area (TPSA) is 75.4 Å². The molecule has 5 heteroatoms. The van der Waals surface area contributed by atoms with Crippen LogP contribution in [0.4, 0.5) is 5.69 Å². The first-order valence-electron chi connectivity index (χ1n) is 8.07. The van der Waals surface area contributed by atoms with Gasteiger partial charge in [-0.15, -0.1) is 0 Å². The summed E-state index contributed by atoms with van der Waals surface area (Å²) >= 11 is 0. The molecule has 0 spiro atoms. The number of hydrogen-bond donors (Lipinski definition) is 2. The van der Waals surface area contributed by atoms with E-state index < -0.39 is 0 Å². The molecule has 3 rings (SSSR count). The summed E-state index contributed by atoms with van der Waals surface area (Å²) in [5, 5.41) is 3.12. The second-order valence-electron chi connectivity index (χ2n) is 6.34. The van der Waals surface area contributed by atoms with Gasteiger partial charge in [0, 0.05) is 30.8 Å². The molecule has 3 N–H and O–H groups in total. The Kier molecular flexibility index (Phi) is 4.16. The lowest BCUT2D eigenvalue weighted by molar-refractivity contribution is -0.117. The average molecular weight is 301 g/mol. The van der Waals surface area contributed by atoms with Crippen LogP contribution in [0.5, 0.6) is 0 Å². The Morgan fingerprint density at radius 3 is 2.68 bits per heavy atom.